The van der Waals surface area contributed by atoms with Crippen LogP contribution in [0.15, 0.2) is 0 Å². The molecule has 0 aromatic rings. The van der Waals surface area contributed by atoms with Gasteiger partial charge in [-0.1, -0.05) is 20.3 Å². The zero-order valence-electron chi connectivity index (χ0n) is 5.46. The Morgan fingerprint density at radius 1 is 1.50 bits per heavy atom. The van der Waals surface area contributed by atoms with Crippen molar-refractivity contribution in [1.29, 1.82) is 0 Å². The van der Waals surface area contributed by atoms with Gasteiger partial charge in [0.1, 0.15) is 0 Å². The standard InChI is InChI=1S/C6H14O2/c1-3-5(2)6(8)4-7/h5-8H,3-4H2,1-2H3/t5-,6+/m0/s1. The monoisotopic (exact) mass is 118 g/mol. The molecule has 0 unspecified atom stereocenters. The zero-order valence-corrected chi connectivity index (χ0v) is 5.46. The minimum Gasteiger partial charge on any atom is -0.394 e. The van der Waals surface area contributed by atoms with E-state index in [0.717, 1.165) is 6.42 Å². The van der Waals surface area contributed by atoms with E-state index >= 15 is 0 Å². The molecule has 0 fully saturated rings. The van der Waals surface area contributed by atoms with Crippen molar-refractivity contribution < 1.29 is 10.2 Å². The molecular weight excluding hydrogens is 104 g/mol. The Morgan fingerprint density at radius 2 is 2.00 bits per heavy atom. The van der Waals surface area contributed by atoms with Crippen LogP contribution >= 0.6 is 0 Å². The topological polar surface area (TPSA) is 40.5 Å². The van der Waals surface area contributed by atoms with Gasteiger partial charge in [-0.15, -0.1) is 0 Å². The molecule has 8 heavy (non-hydrogen) atoms. The number of aliphatic hydroxyl groups is 2. The molecular formula is C6H14O2. The lowest BCUT2D eigenvalue weighted by atomic mass is 10.0. The third-order valence-electron chi connectivity index (χ3n) is 1.49. The van der Waals surface area contributed by atoms with Crippen LogP contribution in [0.5, 0.6) is 0 Å². The molecule has 0 amide bonds. The van der Waals surface area contributed by atoms with Gasteiger partial charge < -0.3 is 10.2 Å². The van der Waals surface area contributed by atoms with E-state index in [1.165, 1.54) is 0 Å². The third kappa shape index (κ3) is 2.28. The van der Waals surface area contributed by atoms with Crippen molar-refractivity contribution in [3.63, 3.8) is 0 Å². The molecule has 2 N–H and O–H groups in total. The summed E-state index contributed by atoms with van der Waals surface area (Å²) < 4.78 is 0. The average molecular weight is 118 g/mol. The van der Waals surface area contributed by atoms with Gasteiger partial charge in [-0.2, -0.15) is 0 Å². The number of hydrogen-bond acceptors (Lipinski definition) is 2. The highest BCUT2D eigenvalue weighted by atomic mass is 16.3. The summed E-state index contributed by atoms with van der Waals surface area (Å²) in [5.74, 6) is 0.222. The van der Waals surface area contributed by atoms with Crippen molar-refractivity contribution in [3.05, 3.63) is 0 Å². The Labute approximate surface area is 50.2 Å². The van der Waals surface area contributed by atoms with Crippen LogP contribution in [0.1, 0.15) is 20.3 Å². The van der Waals surface area contributed by atoms with E-state index in [1.54, 1.807) is 0 Å². The fourth-order valence-corrected chi connectivity index (χ4v) is 0.452. The first-order chi connectivity index (χ1) is 3.72. The Bertz CT molecular complexity index is 46.5. The summed E-state index contributed by atoms with van der Waals surface area (Å²) in [4.78, 5) is 0. The lowest BCUT2D eigenvalue weighted by molar-refractivity contribution is 0.0521. The number of hydrogen-bond donors (Lipinski definition) is 2. The smallest absolute Gasteiger partial charge is 0.0796 e. The molecule has 0 radical (unpaired) electrons. The predicted octanol–water partition coefficient (Wildman–Crippen LogP) is 0.386. The Balaban J connectivity index is 3.29. The molecule has 2 atom stereocenters. The fourth-order valence-electron chi connectivity index (χ4n) is 0.452. The molecule has 2 heteroatoms. The van der Waals surface area contributed by atoms with E-state index in [-0.39, 0.29) is 12.5 Å². The molecule has 0 aliphatic carbocycles. The SMILES string of the molecule is CC[C@H](C)[C@H](O)CO. The summed E-state index contributed by atoms with van der Waals surface area (Å²) in [7, 11) is 0. The maximum Gasteiger partial charge on any atom is 0.0796 e. The Morgan fingerprint density at radius 3 is 2.12 bits per heavy atom. The van der Waals surface area contributed by atoms with E-state index < -0.39 is 6.10 Å². The molecule has 50 valence electrons. The van der Waals surface area contributed by atoms with Gasteiger partial charge in [0.2, 0.25) is 0 Å². The van der Waals surface area contributed by atoms with Gasteiger partial charge in [-0.05, 0) is 5.92 Å². The van der Waals surface area contributed by atoms with Gasteiger partial charge in [0.05, 0.1) is 12.7 Å². The normalized spacial score (nSPS) is 18.0. The van der Waals surface area contributed by atoms with E-state index in [2.05, 4.69) is 0 Å². The van der Waals surface area contributed by atoms with E-state index in [1.807, 2.05) is 13.8 Å². The van der Waals surface area contributed by atoms with Gasteiger partial charge in [0.25, 0.3) is 0 Å². The van der Waals surface area contributed by atoms with Gasteiger partial charge in [0.15, 0.2) is 0 Å². The minimum atomic E-state index is -0.528. The summed E-state index contributed by atoms with van der Waals surface area (Å²) in [5.41, 5.74) is 0. The van der Waals surface area contributed by atoms with Crippen LogP contribution in [0.3, 0.4) is 0 Å². The minimum absolute atomic E-state index is 0.116. The van der Waals surface area contributed by atoms with Crippen molar-refractivity contribution in [1.82, 2.24) is 0 Å². The lowest BCUT2D eigenvalue weighted by Crippen LogP contribution is -2.20. The summed E-state index contributed by atoms with van der Waals surface area (Å²) in [5, 5.41) is 17.3. The number of rotatable bonds is 3. The van der Waals surface area contributed by atoms with Gasteiger partial charge in [-0.3, -0.25) is 0 Å². The lowest BCUT2D eigenvalue weighted by Gasteiger charge is -2.12. The highest BCUT2D eigenvalue weighted by molar-refractivity contribution is 4.59. The summed E-state index contributed by atoms with van der Waals surface area (Å²) in [6, 6.07) is 0. The highest BCUT2D eigenvalue weighted by Gasteiger charge is 2.08. The molecule has 0 aromatic carbocycles. The van der Waals surface area contributed by atoms with Crippen molar-refractivity contribution in [3.8, 4) is 0 Å². The molecule has 0 rings (SSSR count). The van der Waals surface area contributed by atoms with Gasteiger partial charge in [0, 0.05) is 0 Å². The van der Waals surface area contributed by atoms with Crippen LogP contribution in [-0.4, -0.2) is 22.9 Å². The second kappa shape index (κ2) is 3.87. The van der Waals surface area contributed by atoms with Crippen LogP contribution in [0, 0.1) is 5.92 Å². The molecule has 0 aliphatic rings. The van der Waals surface area contributed by atoms with E-state index in [4.69, 9.17) is 10.2 Å². The molecule has 0 saturated heterocycles. The van der Waals surface area contributed by atoms with Crippen LogP contribution in [0.2, 0.25) is 0 Å². The molecule has 0 bridgehead atoms. The Hall–Kier alpha value is -0.0800. The average Bonchev–Trinajstić information content (AvgIpc) is 1.84. The molecule has 0 spiro atoms. The van der Waals surface area contributed by atoms with Crippen molar-refractivity contribution in [2.24, 2.45) is 5.92 Å². The fraction of sp³-hybridized carbons (Fsp3) is 1.00. The van der Waals surface area contributed by atoms with Gasteiger partial charge in [-0.25, -0.2) is 0 Å². The predicted molar refractivity (Wildman–Crippen MR) is 32.5 cm³/mol. The van der Waals surface area contributed by atoms with Crippen molar-refractivity contribution in [2.45, 2.75) is 26.4 Å². The summed E-state index contributed by atoms with van der Waals surface area (Å²) >= 11 is 0. The summed E-state index contributed by atoms with van der Waals surface area (Å²) in [6.45, 7) is 3.79. The van der Waals surface area contributed by atoms with Crippen molar-refractivity contribution in [2.75, 3.05) is 6.61 Å². The maximum absolute atomic E-state index is 8.88. The van der Waals surface area contributed by atoms with Crippen molar-refractivity contribution >= 4 is 0 Å². The molecule has 0 aromatic heterocycles. The second-order valence-corrected chi connectivity index (χ2v) is 2.14. The second-order valence-electron chi connectivity index (χ2n) is 2.14. The first kappa shape index (κ1) is 7.92. The highest BCUT2D eigenvalue weighted by Crippen LogP contribution is 2.05. The van der Waals surface area contributed by atoms with Crippen LogP contribution < -0.4 is 0 Å². The van der Waals surface area contributed by atoms with Gasteiger partial charge >= 0.3 is 0 Å². The van der Waals surface area contributed by atoms with Crippen LogP contribution in [0.25, 0.3) is 0 Å². The molecule has 0 aliphatic heterocycles. The van der Waals surface area contributed by atoms with E-state index in [0.29, 0.717) is 0 Å². The molecule has 2 nitrogen and oxygen atoms in total. The quantitative estimate of drug-likeness (QED) is 0.562. The zero-order chi connectivity index (χ0) is 6.57. The largest absolute Gasteiger partial charge is 0.394 e. The Kier molecular flexibility index (Phi) is 3.83. The number of aliphatic hydroxyl groups excluding tert-OH is 2. The summed E-state index contributed by atoms with van der Waals surface area (Å²) in [6.07, 6.45) is 0.391. The molecule has 0 heterocycles. The maximum atomic E-state index is 8.88. The third-order valence-corrected chi connectivity index (χ3v) is 1.49. The van der Waals surface area contributed by atoms with Crippen LogP contribution in [-0.2, 0) is 0 Å². The first-order valence-electron chi connectivity index (χ1n) is 3.01. The molecule has 0 saturated carbocycles. The first-order valence-corrected chi connectivity index (χ1v) is 3.01. The van der Waals surface area contributed by atoms with Crippen LogP contribution in [0.4, 0.5) is 0 Å². The van der Waals surface area contributed by atoms with E-state index in [9.17, 15) is 0 Å².